The van der Waals surface area contributed by atoms with Crippen molar-refractivity contribution in [2.75, 3.05) is 13.2 Å². The maximum Gasteiger partial charge on any atom is 0.225 e. The maximum atomic E-state index is 12.8. The fourth-order valence-electron chi connectivity index (χ4n) is 3.44. The summed E-state index contributed by atoms with van der Waals surface area (Å²) in [7, 11) is 0. The van der Waals surface area contributed by atoms with Gasteiger partial charge in [-0.05, 0) is 37.7 Å². The molecular weight excluding hydrogens is 422 g/mol. The van der Waals surface area contributed by atoms with E-state index in [4.69, 9.17) is 5.73 Å². The molecule has 0 aliphatic carbocycles. The van der Waals surface area contributed by atoms with Gasteiger partial charge in [-0.25, -0.2) is 0 Å². The molecule has 0 saturated heterocycles. The summed E-state index contributed by atoms with van der Waals surface area (Å²) in [5.41, 5.74) is 6.25. The molecule has 184 valence electrons. The van der Waals surface area contributed by atoms with Gasteiger partial charge in [0.2, 0.25) is 17.7 Å². The first kappa shape index (κ1) is 28.3. The molecule has 1 rings (SSSR count). The number of nitrogens with two attached hydrogens (primary N) is 1. The summed E-state index contributed by atoms with van der Waals surface area (Å²) in [5, 5.41) is 14.8. The monoisotopic (exact) mass is 461 g/mol. The summed E-state index contributed by atoms with van der Waals surface area (Å²) in [6.45, 7) is 3.73. The first-order valence-corrected chi connectivity index (χ1v) is 11.8. The number of carbonyl (C=O) groups is 4. The minimum absolute atomic E-state index is 0.0431. The molecule has 33 heavy (non-hydrogen) atoms. The van der Waals surface area contributed by atoms with Crippen LogP contribution in [0, 0.1) is 11.8 Å². The van der Waals surface area contributed by atoms with Crippen molar-refractivity contribution in [2.45, 2.75) is 71.3 Å². The summed E-state index contributed by atoms with van der Waals surface area (Å²) >= 11 is 0. The largest absolute Gasteiger partial charge is 0.396 e. The number of aliphatic hydroxyl groups is 1. The molecule has 0 radical (unpaired) electrons. The van der Waals surface area contributed by atoms with Crippen molar-refractivity contribution < 1.29 is 24.3 Å². The number of hydrogen-bond donors (Lipinski definition) is 4. The SMILES string of the molecule is CCC(CCC(=O)NCCCCCC(=O)C(Cc1ccccc1)NC(=O)C(C)CO)C(N)=O. The van der Waals surface area contributed by atoms with Crippen LogP contribution in [0.5, 0.6) is 0 Å². The number of Topliss-reactive ketones (excluding diaryl/α,β-unsaturated/α-hetero) is 1. The topological polar surface area (TPSA) is 139 Å². The predicted molar refractivity (Wildman–Crippen MR) is 127 cm³/mol. The highest BCUT2D eigenvalue weighted by Crippen LogP contribution is 2.11. The minimum Gasteiger partial charge on any atom is -0.396 e. The molecule has 0 aliphatic rings. The third kappa shape index (κ3) is 11.6. The van der Waals surface area contributed by atoms with Gasteiger partial charge in [0.15, 0.2) is 5.78 Å². The Hall–Kier alpha value is -2.74. The van der Waals surface area contributed by atoms with E-state index in [1.165, 1.54) is 0 Å². The molecule has 0 heterocycles. The second-order valence-corrected chi connectivity index (χ2v) is 8.51. The molecule has 8 heteroatoms. The molecule has 0 aliphatic heterocycles. The first-order valence-electron chi connectivity index (χ1n) is 11.8. The van der Waals surface area contributed by atoms with Crippen molar-refractivity contribution in [1.82, 2.24) is 10.6 Å². The van der Waals surface area contributed by atoms with Crippen molar-refractivity contribution in [3.8, 4) is 0 Å². The molecule has 1 aromatic carbocycles. The quantitative estimate of drug-likeness (QED) is 0.262. The van der Waals surface area contributed by atoms with Gasteiger partial charge in [0.1, 0.15) is 0 Å². The van der Waals surface area contributed by atoms with Crippen molar-refractivity contribution in [3.05, 3.63) is 35.9 Å². The lowest BCUT2D eigenvalue weighted by atomic mass is 9.98. The average Bonchev–Trinajstić information content (AvgIpc) is 2.80. The van der Waals surface area contributed by atoms with Crippen LogP contribution >= 0.6 is 0 Å². The number of carbonyl (C=O) groups excluding carboxylic acids is 4. The van der Waals surface area contributed by atoms with E-state index in [0.717, 1.165) is 18.4 Å². The van der Waals surface area contributed by atoms with E-state index in [1.54, 1.807) is 6.92 Å². The Balaban J connectivity index is 2.39. The number of unbranched alkanes of at least 4 members (excludes halogenated alkanes) is 2. The number of aliphatic hydroxyl groups excluding tert-OH is 1. The molecule has 3 amide bonds. The first-order chi connectivity index (χ1) is 15.8. The molecule has 0 aromatic heterocycles. The standard InChI is InChI=1S/C25H39N3O5/c1-3-20(24(26)32)13-14-23(31)27-15-9-5-8-12-22(30)21(28-25(33)18(2)17-29)16-19-10-6-4-7-11-19/h4,6-7,10-11,18,20-21,29H,3,5,8-9,12-17H2,1-2H3,(H2,26,32)(H,27,31)(H,28,33). The second kappa shape index (κ2) is 16.0. The van der Waals surface area contributed by atoms with E-state index in [1.807, 2.05) is 37.3 Å². The zero-order chi connectivity index (χ0) is 24.6. The third-order valence-corrected chi connectivity index (χ3v) is 5.75. The Labute approximate surface area is 196 Å². The highest BCUT2D eigenvalue weighted by atomic mass is 16.3. The summed E-state index contributed by atoms with van der Waals surface area (Å²) in [4.78, 5) is 48.1. The molecule has 3 atom stereocenters. The number of hydrogen-bond acceptors (Lipinski definition) is 5. The predicted octanol–water partition coefficient (Wildman–Crippen LogP) is 1.88. The summed E-state index contributed by atoms with van der Waals surface area (Å²) < 4.78 is 0. The Morgan fingerprint density at radius 3 is 2.33 bits per heavy atom. The summed E-state index contributed by atoms with van der Waals surface area (Å²) in [5.74, 6) is -1.70. The third-order valence-electron chi connectivity index (χ3n) is 5.75. The zero-order valence-corrected chi connectivity index (χ0v) is 19.8. The van der Waals surface area contributed by atoms with Crippen molar-refractivity contribution in [2.24, 2.45) is 17.6 Å². The van der Waals surface area contributed by atoms with Crippen LogP contribution in [0.1, 0.15) is 64.4 Å². The smallest absolute Gasteiger partial charge is 0.225 e. The van der Waals surface area contributed by atoms with Crippen LogP contribution in [0.4, 0.5) is 0 Å². The molecule has 5 N–H and O–H groups in total. The summed E-state index contributed by atoms with van der Waals surface area (Å²) in [6.07, 6.45) is 4.25. The number of rotatable bonds is 17. The molecule has 0 fully saturated rings. The van der Waals surface area contributed by atoms with E-state index in [2.05, 4.69) is 10.6 Å². The lowest BCUT2D eigenvalue weighted by Crippen LogP contribution is -2.45. The Kier molecular flexibility index (Phi) is 13.7. The van der Waals surface area contributed by atoms with Gasteiger partial charge in [-0.1, -0.05) is 50.6 Å². The van der Waals surface area contributed by atoms with E-state index >= 15 is 0 Å². The molecule has 0 saturated carbocycles. The van der Waals surface area contributed by atoms with E-state index in [-0.39, 0.29) is 42.5 Å². The molecular formula is C25H39N3O5. The van der Waals surface area contributed by atoms with Crippen LogP contribution < -0.4 is 16.4 Å². The molecule has 3 unspecified atom stereocenters. The highest BCUT2D eigenvalue weighted by Gasteiger charge is 2.23. The van der Waals surface area contributed by atoms with Crippen LogP contribution in [-0.4, -0.2) is 47.8 Å². The molecule has 1 aromatic rings. The van der Waals surface area contributed by atoms with Gasteiger partial charge < -0.3 is 21.5 Å². The van der Waals surface area contributed by atoms with Crippen molar-refractivity contribution in [3.63, 3.8) is 0 Å². The minimum atomic E-state index is -0.634. The fraction of sp³-hybridized carbons (Fsp3) is 0.600. The van der Waals surface area contributed by atoms with Crippen molar-refractivity contribution in [1.29, 1.82) is 0 Å². The molecule has 0 spiro atoms. The average molecular weight is 462 g/mol. The van der Waals surface area contributed by atoms with Gasteiger partial charge in [-0.3, -0.25) is 19.2 Å². The normalized spacial score (nSPS) is 13.5. The van der Waals surface area contributed by atoms with Gasteiger partial charge in [0, 0.05) is 25.3 Å². The maximum absolute atomic E-state index is 12.8. The highest BCUT2D eigenvalue weighted by molar-refractivity contribution is 5.90. The number of ketones is 1. The van der Waals surface area contributed by atoms with Crippen molar-refractivity contribution >= 4 is 23.5 Å². The van der Waals surface area contributed by atoms with E-state index < -0.39 is 12.0 Å². The van der Waals surface area contributed by atoms with Gasteiger partial charge in [0.25, 0.3) is 0 Å². The van der Waals surface area contributed by atoms with Crippen LogP contribution in [0.3, 0.4) is 0 Å². The van der Waals surface area contributed by atoms with E-state index in [9.17, 15) is 24.3 Å². The number of amides is 3. The number of benzene rings is 1. The Morgan fingerprint density at radius 2 is 1.73 bits per heavy atom. The van der Waals surface area contributed by atoms with Crippen LogP contribution in [0.25, 0.3) is 0 Å². The lowest BCUT2D eigenvalue weighted by molar-refractivity contribution is -0.130. The Morgan fingerprint density at radius 1 is 1.03 bits per heavy atom. The summed E-state index contributed by atoms with van der Waals surface area (Å²) in [6, 6.07) is 8.86. The Bertz CT molecular complexity index is 754. The number of primary amides is 1. The van der Waals surface area contributed by atoms with Gasteiger partial charge in [-0.15, -0.1) is 0 Å². The number of nitrogens with one attached hydrogen (secondary N) is 2. The second-order valence-electron chi connectivity index (χ2n) is 8.51. The van der Waals surface area contributed by atoms with Crippen LogP contribution in [0.2, 0.25) is 0 Å². The van der Waals surface area contributed by atoms with Gasteiger partial charge >= 0.3 is 0 Å². The van der Waals surface area contributed by atoms with Crippen LogP contribution in [-0.2, 0) is 25.6 Å². The van der Waals surface area contributed by atoms with Gasteiger partial charge in [-0.2, -0.15) is 0 Å². The zero-order valence-electron chi connectivity index (χ0n) is 19.8. The fourth-order valence-corrected chi connectivity index (χ4v) is 3.44. The molecule has 0 bridgehead atoms. The van der Waals surface area contributed by atoms with E-state index in [0.29, 0.717) is 38.6 Å². The lowest BCUT2D eigenvalue weighted by Gasteiger charge is -2.20. The molecule has 8 nitrogen and oxygen atoms in total. The van der Waals surface area contributed by atoms with Gasteiger partial charge in [0.05, 0.1) is 18.6 Å². The van der Waals surface area contributed by atoms with Crippen LogP contribution in [0.15, 0.2) is 30.3 Å².